The molecule has 1 amide bonds. The Hall–Kier alpha value is -3.55. The maximum atomic E-state index is 13.4. The smallest absolute Gasteiger partial charge is 0.278 e. The van der Waals surface area contributed by atoms with Crippen molar-refractivity contribution < 1.29 is 19.0 Å². The summed E-state index contributed by atoms with van der Waals surface area (Å²) in [6.45, 7) is 12.4. The third-order valence-corrected chi connectivity index (χ3v) is 6.11. The lowest BCUT2D eigenvalue weighted by atomic mass is 9.87. The van der Waals surface area contributed by atoms with Crippen molar-refractivity contribution in [2.45, 2.75) is 72.3 Å². The minimum Gasteiger partial charge on any atom is -0.497 e. The van der Waals surface area contributed by atoms with Gasteiger partial charge in [-0.15, -0.1) is 5.10 Å². The summed E-state index contributed by atoms with van der Waals surface area (Å²) in [5.41, 5.74) is 3.03. The Morgan fingerprint density at radius 3 is 2.44 bits per heavy atom. The van der Waals surface area contributed by atoms with Gasteiger partial charge in [-0.05, 0) is 55.5 Å². The topological polar surface area (TPSA) is 87.5 Å². The van der Waals surface area contributed by atoms with Crippen LogP contribution in [0.3, 0.4) is 0 Å². The van der Waals surface area contributed by atoms with Gasteiger partial charge in [0.1, 0.15) is 22.9 Å². The zero-order valence-electron chi connectivity index (χ0n) is 22.6. The number of ether oxygens (including phenoxy) is 3. The van der Waals surface area contributed by atoms with Crippen molar-refractivity contribution in [2.75, 3.05) is 19.5 Å². The first kappa shape index (κ1) is 27.0. The summed E-state index contributed by atoms with van der Waals surface area (Å²) in [7, 11) is 3.17. The van der Waals surface area contributed by atoms with Crippen LogP contribution < -0.4 is 19.5 Å². The molecule has 2 aromatic carbocycles. The normalized spacial score (nSPS) is 12.2. The van der Waals surface area contributed by atoms with Crippen LogP contribution in [-0.2, 0) is 5.41 Å². The lowest BCUT2D eigenvalue weighted by Gasteiger charge is -2.23. The number of aromatic nitrogens is 3. The minimum absolute atomic E-state index is 0.0317. The Morgan fingerprint density at radius 1 is 1.08 bits per heavy atom. The van der Waals surface area contributed by atoms with Gasteiger partial charge in [0.2, 0.25) is 0 Å². The Labute approximate surface area is 214 Å². The number of unbranched alkanes of at least 4 members (excludes halogenated alkanes) is 1. The molecule has 3 rings (SSSR count). The summed E-state index contributed by atoms with van der Waals surface area (Å²) in [4.78, 5) is 13.4. The third kappa shape index (κ3) is 6.17. The average Bonchev–Trinajstić information content (AvgIpc) is 3.23. The van der Waals surface area contributed by atoms with Crippen molar-refractivity contribution in [1.29, 1.82) is 0 Å². The number of hydrogen-bond donors (Lipinski definition) is 1. The number of carbonyl (C=O) groups excluding carboxylic acids is 1. The molecule has 3 aromatic rings. The van der Waals surface area contributed by atoms with E-state index in [1.54, 1.807) is 44.0 Å². The van der Waals surface area contributed by atoms with E-state index in [1.165, 1.54) is 0 Å². The summed E-state index contributed by atoms with van der Waals surface area (Å²) in [5.74, 6) is 1.51. The van der Waals surface area contributed by atoms with Crippen molar-refractivity contribution in [3.63, 3.8) is 0 Å². The van der Waals surface area contributed by atoms with Crippen molar-refractivity contribution in [2.24, 2.45) is 0 Å². The number of nitrogens with one attached hydrogen (secondary N) is 1. The van der Waals surface area contributed by atoms with E-state index in [4.69, 9.17) is 14.2 Å². The molecule has 0 radical (unpaired) electrons. The molecule has 8 heteroatoms. The third-order valence-electron chi connectivity index (χ3n) is 6.11. The van der Waals surface area contributed by atoms with Gasteiger partial charge < -0.3 is 19.5 Å². The Bertz CT molecular complexity index is 1200. The van der Waals surface area contributed by atoms with Crippen molar-refractivity contribution >= 4 is 11.6 Å². The molecule has 36 heavy (non-hydrogen) atoms. The molecule has 0 aliphatic rings. The molecule has 0 saturated carbocycles. The molecule has 1 aromatic heterocycles. The molecule has 1 heterocycles. The average molecular weight is 495 g/mol. The largest absolute Gasteiger partial charge is 0.497 e. The van der Waals surface area contributed by atoms with Gasteiger partial charge in [-0.2, -0.15) is 0 Å². The number of amides is 1. The highest BCUT2D eigenvalue weighted by Gasteiger charge is 2.23. The fourth-order valence-electron chi connectivity index (χ4n) is 3.88. The monoisotopic (exact) mass is 494 g/mol. The number of nitrogens with zero attached hydrogens (tertiary/aromatic N) is 3. The predicted molar refractivity (Wildman–Crippen MR) is 142 cm³/mol. The lowest BCUT2D eigenvalue weighted by Crippen LogP contribution is -2.19. The first-order valence-electron chi connectivity index (χ1n) is 12.4. The van der Waals surface area contributed by atoms with Crippen LogP contribution in [0.5, 0.6) is 17.2 Å². The number of carbonyl (C=O) groups is 1. The van der Waals surface area contributed by atoms with E-state index in [0.29, 0.717) is 34.3 Å². The van der Waals surface area contributed by atoms with Crippen LogP contribution in [0.1, 0.15) is 75.6 Å². The summed E-state index contributed by atoms with van der Waals surface area (Å²) in [6, 6.07) is 11.3. The fourth-order valence-corrected chi connectivity index (χ4v) is 3.88. The lowest BCUT2D eigenvalue weighted by molar-refractivity contribution is 0.102. The van der Waals surface area contributed by atoms with Crippen molar-refractivity contribution in [1.82, 2.24) is 15.0 Å². The van der Waals surface area contributed by atoms with Crippen LogP contribution in [0.15, 0.2) is 36.4 Å². The zero-order valence-corrected chi connectivity index (χ0v) is 22.6. The van der Waals surface area contributed by atoms with Gasteiger partial charge in [-0.1, -0.05) is 51.8 Å². The molecule has 0 fully saturated rings. The highest BCUT2D eigenvalue weighted by Crippen LogP contribution is 2.33. The molecule has 0 bridgehead atoms. The SMILES string of the molecule is CCCCC(C)Oc1ccc(C(C)(C)C)cc1NC(=O)c1nnn(-c2cc(OC)ccc2OC)c1C. The van der Waals surface area contributed by atoms with Gasteiger partial charge in [0.15, 0.2) is 5.69 Å². The second-order valence-electron chi connectivity index (χ2n) is 9.96. The van der Waals surface area contributed by atoms with E-state index >= 15 is 0 Å². The summed E-state index contributed by atoms with van der Waals surface area (Å²) in [5, 5.41) is 11.4. The molecule has 1 N–H and O–H groups in total. The number of rotatable bonds is 10. The number of anilines is 1. The number of hydrogen-bond acceptors (Lipinski definition) is 6. The van der Waals surface area contributed by atoms with Gasteiger partial charge in [-0.3, -0.25) is 4.79 Å². The molecule has 8 nitrogen and oxygen atoms in total. The van der Waals surface area contributed by atoms with Crippen LogP contribution in [0.25, 0.3) is 5.69 Å². The van der Waals surface area contributed by atoms with Crippen LogP contribution in [0.4, 0.5) is 5.69 Å². The molecule has 0 spiro atoms. The maximum Gasteiger partial charge on any atom is 0.278 e. The van der Waals surface area contributed by atoms with E-state index < -0.39 is 0 Å². The van der Waals surface area contributed by atoms with E-state index in [1.807, 2.05) is 18.2 Å². The first-order chi connectivity index (χ1) is 17.1. The predicted octanol–water partition coefficient (Wildman–Crippen LogP) is 6.10. The van der Waals surface area contributed by atoms with Crippen molar-refractivity contribution in [3.8, 4) is 22.9 Å². The van der Waals surface area contributed by atoms with Gasteiger partial charge in [-0.25, -0.2) is 4.68 Å². The van der Waals surface area contributed by atoms with Gasteiger partial charge >= 0.3 is 0 Å². The van der Waals surface area contributed by atoms with Gasteiger partial charge in [0, 0.05) is 6.07 Å². The molecule has 0 saturated heterocycles. The second kappa shape index (κ2) is 11.5. The molecule has 1 unspecified atom stereocenters. The first-order valence-corrected chi connectivity index (χ1v) is 12.4. The molecule has 0 aliphatic heterocycles. The summed E-state index contributed by atoms with van der Waals surface area (Å²) >= 11 is 0. The zero-order chi connectivity index (χ0) is 26.5. The molecule has 194 valence electrons. The number of benzene rings is 2. The van der Waals surface area contributed by atoms with Crippen molar-refractivity contribution in [3.05, 3.63) is 53.3 Å². The molecule has 0 aliphatic carbocycles. The molecular formula is C28H38N4O4. The molecule has 1 atom stereocenters. The van der Waals surface area contributed by atoms with Crippen LogP contribution in [0.2, 0.25) is 0 Å². The maximum absolute atomic E-state index is 13.4. The Morgan fingerprint density at radius 2 is 1.81 bits per heavy atom. The molecular weight excluding hydrogens is 456 g/mol. The summed E-state index contributed by atoms with van der Waals surface area (Å²) < 4.78 is 18.6. The second-order valence-corrected chi connectivity index (χ2v) is 9.96. The highest BCUT2D eigenvalue weighted by atomic mass is 16.5. The highest BCUT2D eigenvalue weighted by molar-refractivity contribution is 6.04. The Balaban J connectivity index is 1.94. The van der Waals surface area contributed by atoms with E-state index in [-0.39, 0.29) is 23.1 Å². The quantitative estimate of drug-likeness (QED) is 0.366. The summed E-state index contributed by atoms with van der Waals surface area (Å²) in [6.07, 6.45) is 3.16. The number of methoxy groups -OCH3 is 2. The Kier molecular flexibility index (Phi) is 8.61. The van der Waals surface area contributed by atoms with Gasteiger partial charge in [0.25, 0.3) is 5.91 Å². The van der Waals surface area contributed by atoms with Crippen LogP contribution in [-0.4, -0.2) is 41.2 Å². The standard InChI is InChI=1S/C28H38N4O4/c1-9-10-11-18(2)36-24-14-12-20(28(4,5)6)16-22(24)29-27(33)26-19(3)32(31-30-26)23-17-21(34-7)13-15-25(23)35-8/h12-18H,9-11H2,1-8H3,(H,29,33). The van der Waals surface area contributed by atoms with E-state index in [9.17, 15) is 4.79 Å². The minimum atomic E-state index is -0.363. The van der Waals surface area contributed by atoms with Crippen LogP contribution in [0, 0.1) is 6.92 Å². The van der Waals surface area contributed by atoms with E-state index in [0.717, 1.165) is 24.8 Å². The van der Waals surface area contributed by atoms with Crippen LogP contribution >= 0.6 is 0 Å². The van der Waals surface area contributed by atoms with E-state index in [2.05, 4.69) is 50.2 Å². The fraction of sp³-hybridized carbons (Fsp3) is 0.464. The van der Waals surface area contributed by atoms with Gasteiger partial charge in [0.05, 0.1) is 31.7 Å².